The highest BCUT2D eigenvalue weighted by Gasteiger charge is 2.18. The monoisotopic (exact) mass is 355 g/mol. The molecule has 0 aromatic heterocycles. The molecule has 0 aliphatic rings. The maximum Gasteiger partial charge on any atom is 0.255 e. The molecule has 3 N–H and O–H groups in total. The van der Waals surface area contributed by atoms with Gasteiger partial charge in [-0.15, -0.1) is 0 Å². The Balaban J connectivity index is 2.27. The van der Waals surface area contributed by atoms with Gasteiger partial charge in [0, 0.05) is 18.5 Å². The van der Waals surface area contributed by atoms with Crippen LogP contribution in [-0.4, -0.2) is 45.0 Å². The second kappa shape index (κ2) is 9.02. The van der Waals surface area contributed by atoms with Gasteiger partial charge in [0.05, 0.1) is 6.26 Å². The molecule has 0 aliphatic carbocycles. The predicted octanol–water partition coefficient (Wildman–Crippen LogP) is -0.223. The number of hydrogen-bond acceptors (Lipinski definition) is 5. The summed E-state index contributed by atoms with van der Waals surface area (Å²) < 4.78 is 23.7. The fraction of sp³-hybridized carbons (Fsp3) is 0.400. The van der Waals surface area contributed by atoms with E-state index in [2.05, 4.69) is 10.6 Å². The molecule has 0 bridgehead atoms. The third kappa shape index (κ3) is 7.73. The van der Waals surface area contributed by atoms with Crippen molar-refractivity contribution < 1.29 is 22.8 Å². The molecule has 8 nitrogen and oxygen atoms in total. The van der Waals surface area contributed by atoms with E-state index in [0.29, 0.717) is 18.5 Å². The van der Waals surface area contributed by atoms with E-state index >= 15 is 0 Å². The second-order valence-corrected chi connectivity index (χ2v) is 7.00. The Morgan fingerprint density at radius 2 is 1.75 bits per heavy atom. The number of carbonyl (C=O) groups is 3. The number of carbonyl (C=O) groups excluding carboxylic acids is 3. The first kappa shape index (κ1) is 19.6. The van der Waals surface area contributed by atoms with E-state index in [-0.39, 0.29) is 12.3 Å². The van der Waals surface area contributed by atoms with Crippen LogP contribution in [0.2, 0.25) is 0 Å². The van der Waals surface area contributed by atoms with Gasteiger partial charge >= 0.3 is 0 Å². The fourth-order valence-corrected chi connectivity index (χ4v) is 2.33. The summed E-state index contributed by atoms with van der Waals surface area (Å²) in [5.41, 5.74) is 0.535. The maximum atomic E-state index is 11.8. The minimum Gasteiger partial charge on any atom is -0.352 e. The van der Waals surface area contributed by atoms with Crippen LogP contribution in [0.15, 0.2) is 30.3 Å². The highest BCUT2D eigenvalue weighted by molar-refractivity contribution is 7.89. The molecule has 1 aromatic carbocycles. The Labute approximate surface area is 141 Å². The van der Waals surface area contributed by atoms with Crippen LogP contribution in [0.3, 0.4) is 0 Å². The number of rotatable bonds is 8. The normalized spacial score (nSPS) is 12.1. The minimum absolute atomic E-state index is 0.103. The molecule has 1 aromatic rings. The van der Waals surface area contributed by atoms with E-state index in [1.54, 1.807) is 29.0 Å². The van der Waals surface area contributed by atoms with Crippen molar-refractivity contribution in [3.05, 3.63) is 35.9 Å². The summed E-state index contributed by atoms with van der Waals surface area (Å²) in [5.74, 6) is -1.43. The van der Waals surface area contributed by atoms with Gasteiger partial charge in [-0.25, -0.2) is 8.42 Å². The lowest BCUT2D eigenvalue weighted by atomic mass is 10.2. The highest BCUT2D eigenvalue weighted by Crippen LogP contribution is 1.98. The predicted molar refractivity (Wildman–Crippen MR) is 88.6 cm³/mol. The molecule has 1 unspecified atom stereocenters. The molecule has 0 saturated carbocycles. The van der Waals surface area contributed by atoms with Crippen molar-refractivity contribution in [3.8, 4) is 0 Å². The van der Waals surface area contributed by atoms with Gasteiger partial charge in [0.1, 0.15) is 6.04 Å². The van der Waals surface area contributed by atoms with E-state index in [4.69, 9.17) is 0 Å². The molecule has 3 amide bonds. The van der Waals surface area contributed by atoms with Crippen molar-refractivity contribution in [1.29, 1.82) is 0 Å². The van der Waals surface area contributed by atoms with Crippen LogP contribution in [-0.2, 0) is 19.6 Å². The van der Waals surface area contributed by atoms with Gasteiger partial charge in [-0.3, -0.25) is 19.1 Å². The molecule has 132 valence electrons. The molecule has 1 atom stereocenters. The van der Waals surface area contributed by atoms with Gasteiger partial charge in [-0.1, -0.05) is 18.2 Å². The van der Waals surface area contributed by atoms with Crippen LogP contribution < -0.4 is 15.4 Å². The quantitative estimate of drug-likeness (QED) is 0.557. The van der Waals surface area contributed by atoms with Gasteiger partial charge in [0.2, 0.25) is 15.9 Å². The van der Waals surface area contributed by atoms with Crippen molar-refractivity contribution in [1.82, 2.24) is 15.4 Å². The SMILES string of the molecule is CC(NC(=O)CCCNC(=O)c1ccccc1)C(=O)NS(C)(=O)=O. The summed E-state index contributed by atoms with van der Waals surface area (Å²) in [4.78, 5) is 35.0. The number of hydrogen-bond donors (Lipinski definition) is 3. The lowest BCUT2D eigenvalue weighted by molar-refractivity contribution is -0.127. The molecule has 0 spiro atoms. The van der Waals surface area contributed by atoms with Crippen LogP contribution in [0.4, 0.5) is 0 Å². The Bertz CT molecular complexity index is 688. The van der Waals surface area contributed by atoms with Gasteiger partial charge in [-0.2, -0.15) is 0 Å². The molecule has 0 radical (unpaired) electrons. The standard InChI is InChI=1S/C15H21N3O5S/c1-11(14(20)18-24(2,22)23)17-13(19)9-6-10-16-15(21)12-7-4-3-5-8-12/h3-5,7-8,11H,6,9-10H2,1-2H3,(H,16,21)(H,17,19)(H,18,20). The smallest absolute Gasteiger partial charge is 0.255 e. The van der Waals surface area contributed by atoms with Crippen LogP contribution in [0.25, 0.3) is 0 Å². The summed E-state index contributed by atoms with van der Waals surface area (Å²) >= 11 is 0. The molecule has 1 rings (SSSR count). The van der Waals surface area contributed by atoms with E-state index in [1.807, 2.05) is 6.07 Å². The van der Waals surface area contributed by atoms with E-state index in [0.717, 1.165) is 6.26 Å². The highest BCUT2D eigenvalue weighted by atomic mass is 32.2. The zero-order valence-corrected chi connectivity index (χ0v) is 14.4. The molecule has 0 aliphatic heterocycles. The van der Waals surface area contributed by atoms with E-state index in [9.17, 15) is 22.8 Å². The molecule has 9 heteroatoms. The number of nitrogens with one attached hydrogen (secondary N) is 3. The molecule has 0 heterocycles. The summed E-state index contributed by atoms with van der Waals surface area (Å²) in [6.45, 7) is 1.70. The van der Waals surface area contributed by atoms with Crippen molar-refractivity contribution in [2.45, 2.75) is 25.8 Å². The largest absolute Gasteiger partial charge is 0.352 e. The Kier molecular flexibility index (Phi) is 7.37. The van der Waals surface area contributed by atoms with Crippen LogP contribution in [0.1, 0.15) is 30.1 Å². The van der Waals surface area contributed by atoms with Gasteiger partial charge in [-0.05, 0) is 25.5 Å². The molecular weight excluding hydrogens is 334 g/mol. The van der Waals surface area contributed by atoms with Crippen molar-refractivity contribution in [3.63, 3.8) is 0 Å². The minimum atomic E-state index is -3.66. The second-order valence-electron chi connectivity index (χ2n) is 5.25. The van der Waals surface area contributed by atoms with Crippen molar-refractivity contribution in [2.75, 3.05) is 12.8 Å². The lowest BCUT2D eigenvalue weighted by Crippen LogP contribution is -2.46. The summed E-state index contributed by atoms with van der Waals surface area (Å²) in [7, 11) is -3.66. The topological polar surface area (TPSA) is 121 Å². The molecule has 24 heavy (non-hydrogen) atoms. The number of benzene rings is 1. The first-order valence-corrected chi connectivity index (χ1v) is 9.22. The van der Waals surface area contributed by atoms with Gasteiger partial charge in [0.25, 0.3) is 11.8 Å². The van der Waals surface area contributed by atoms with Crippen LogP contribution in [0.5, 0.6) is 0 Å². The molecule has 0 fully saturated rings. The van der Waals surface area contributed by atoms with Crippen molar-refractivity contribution >= 4 is 27.7 Å². The average molecular weight is 355 g/mol. The molecular formula is C15H21N3O5S. The van der Waals surface area contributed by atoms with Gasteiger partial charge in [0.15, 0.2) is 0 Å². The Morgan fingerprint density at radius 1 is 1.12 bits per heavy atom. The van der Waals surface area contributed by atoms with Crippen LogP contribution in [0, 0.1) is 0 Å². The fourth-order valence-electron chi connectivity index (χ4n) is 1.79. The third-order valence-corrected chi connectivity index (χ3v) is 3.53. The maximum absolute atomic E-state index is 11.8. The zero-order valence-electron chi connectivity index (χ0n) is 13.5. The Morgan fingerprint density at radius 3 is 2.33 bits per heavy atom. The average Bonchev–Trinajstić information content (AvgIpc) is 2.50. The Hall–Kier alpha value is -2.42. The summed E-state index contributed by atoms with van der Waals surface area (Å²) in [6, 6.07) is 7.72. The van der Waals surface area contributed by atoms with Gasteiger partial charge < -0.3 is 10.6 Å². The third-order valence-electron chi connectivity index (χ3n) is 2.96. The zero-order chi connectivity index (χ0) is 18.2. The summed E-state index contributed by atoms with van der Waals surface area (Å²) in [5, 5.41) is 5.08. The molecule has 0 saturated heterocycles. The van der Waals surface area contributed by atoms with E-state index < -0.39 is 27.9 Å². The lowest BCUT2D eigenvalue weighted by Gasteiger charge is -2.13. The first-order valence-electron chi connectivity index (χ1n) is 7.33. The van der Waals surface area contributed by atoms with E-state index in [1.165, 1.54) is 6.92 Å². The number of sulfonamides is 1. The number of amides is 3. The first-order chi connectivity index (χ1) is 11.2. The van der Waals surface area contributed by atoms with Crippen molar-refractivity contribution in [2.24, 2.45) is 0 Å². The van der Waals surface area contributed by atoms with Crippen LogP contribution >= 0.6 is 0 Å². The summed E-state index contributed by atoms with van der Waals surface area (Å²) in [6.07, 6.45) is 1.35.